The van der Waals surface area contributed by atoms with Crippen LogP contribution in [0.15, 0.2) is 59.1 Å². The van der Waals surface area contributed by atoms with Crippen LogP contribution in [0.5, 0.6) is 11.5 Å². The summed E-state index contributed by atoms with van der Waals surface area (Å²) < 4.78 is 10.6. The van der Waals surface area contributed by atoms with Gasteiger partial charge in [-0.15, -0.1) is 0 Å². The van der Waals surface area contributed by atoms with Crippen molar-refractivity contribution in [3.8, 4) is 11.5 Å². The Morgan fingerprint density at radius 2 is 1.78 bits per heavy atom. The van der Waals surface area contributed by atoms with Gasteiger partial charge in [-0.1, -0.05) is 23.4 Å². The second kappa shape index (κ2) is 6.74. The maximum Gasteiger partial charge on any atom is 0.236 e. The van der Waals surface area contributed by atoms with Crippen LogP contribution < -0.4 is 10.1 Å². The molecule has 6 heteroatoms. The van der Waals surface area contributed by atoms with Gasteiger partial charge in [0, 0.05) is 5.69 Å². The largest absolute Gasteiger partial charge is 0.457 e. The van der Waals surface area contributed by atoms with Gasteiger partial charge in [-0.05, 0) is 43.3 Å². The van der Waals surface area contributed by atoms with E-state index >= 15 is 0 Å². The highest BCUT2D eigenvalue weighted by Gasteiger charge is 2.10. The van der Waals surface area contributed by atoms with Crippen molar-refractivity contribution in [1.29, 1.82) is 0 Å². The van der Waals surface area contributed by atoms with E-state index in [9.17, 15) is 4.79 Å². The normalized spacial score (nSPS) is 10.3. The van der Waals surface area contributed by atoms with Crippen LogP contribution >= 0.6 is 0 Å². The van der Waals surface area contributed by atoms with Gasteiger partial charge in [-0.2, -0.15) is 4.98 Å². The molecule has 1 aromatic heterocycles. The molecule has 1 heterocycles. The molecule has 3 aromatic rings. The van der Waals surface area contributed by atoms with E-state index in [-0.39, 0.29) is 12.3 Å². The summed E-state index contributed by atoms with van der Waals surface area (Å²) >= 11 is 0. The van der Waals surface area contributed by atoms with Crippen molar-refractivity contribution in [1.82, 2.24) is 10.1 Å². The third-order valence-corrected chi connectivity index (χ3v) is 3.00. The van der Waals surface area contributed by atoms with Gasteiger partial charge < -0.3 is 14.6 Å². The Morgan fingerprint density at radius 3 is 2.43 bits per heavy atom. The zero-order valence-corrected chi connectivity index (χ0v) is 12.5. The molecular formula is C17H15N3O3. The Balaban J connectivity index is 1.57. The van der Waals surface area contributed by atoms with E-state index in [2.05, 4.69) is 15.5 Å². The fourth-order valence-corrected chi connectivity index (χ4v) is 1.99. The highest BCUT2D eigenvalue weighted by molar-refractivity contribution is 5.91. The van der Waals surface area contributed by atoms with Gasteiger partial charge in [-0.25, -0.2) is 0 Å². The van der Waals surface area contributed by atoms with Crippen molar-refractivity contribution in [3.05, 3.63) is 66.3 Å². The van der Waals surface area contributed by atoms with E-state index in [0.29, 0.717) is 23.2 Å². The minimum absolute atomic E-state index is 0.0447. The van der Waals surface area contributed by atoms with Gasteiger partial charge in [0.15, 0.2) is 5.82 Å². The predicted molar refractivity (Wildman–Crippen MR) is 84.3 cm³/mol. The molecule has 1 amide bonds. The van der Waals surface area contributed by atoms with Crippen LogP contribution in [0.1, 0.15) is 11.7 Å². The maximum absolute atomic E-state index is 11.9. The molecule has 0 bridgehead atoms. The first-order chi connectivity index (χ1) is 11.2. The monoisotopic (exact) mass is 309 g/mol. The van der Waals surface area contributed by atoms with E-state index < -0.39 is 0 Å². The third-order valence-electron chi connectivity index (χ3n) is 3.00. The number of para-hydroxylation sites is 1. The molecule has 0 aliphatic rings. The smallest absolute Gasteiger partial charge is 0.236 e. The SMILES string of the molecule is Cc1noc(CC(=O)Nc2ccc(Oc3ccccc3)cc2)n1. The van der Waals surface area contributed by atoms with E-state index in [4.69, 9.17) is 9.26 Å². The lowest BCUT2D eigenvalue weighted by Crippen LogP contribution is -2.14. The molecule has 0 fully saturated rings. The van der Waals surface area contributed by atoms with Crippen LogP contribution in [0.2, 0.25) is 0 Å². The number of carbonyl (C=O) groups is 1. The fraction of sp³-hybridized carbons (Fsp3) is 0.118. The number of ether oxygens (including phenoxy) is 1. The number of aryl methyl sites for hydroxylation is 1. The summed E-state index contributed by atoms with van der Waals surface area (Å²) in [6.45, 7) is 1.70. The molecule has 3 rings (SSSR count). The lowest BCUT2D eigenvalue weighted by molar-refractivity contribution is -0.115. The summed E-state index contributed by atoms with van der Waals surface area (Å²) in [6, 6.07) is 16.6. The van der Waals surface area contributed by atoms with Gasteiger partial charge in [0.1, 0.15) is 17.9 Å². The molecule has 116 valence electrons. The summed E-state index contributed by atoms with van der Waals surface area (Å²) in [5, 5.41) is 6.41. The van der Waals surface area contributed by atoms with Crippen LogP contribution in [-0.2, 0) is 11.2 Å². The molecular weight excluding hydrogens is 294 g/mol. The standard InChI is InChI=1S/C17H15N3O3/c1-12-18-17(23-20-12)11-16(21)19-13-7-9-15(10-8-13)22-14-5-3-2-4-6-14/h2-10H,11H2,1H3,(H,19,21). The molecule has 6 nitrogen and oxygen atoms in total. The lowest BCUT2D eigenvalue weighted by Gasteiger charge is -2.07. The molecule has 0 saturated heterocycles. The quantitative estimate of drug-likeness (QED) is 0.782. The minimum Gasteiger partial charge on any atom is -0.457 e. The van der Waals surface area contributed by atoms with Gasteiger partial charge in [0.2, 0.25) is 11.8 Å². The number of amides is 1. The summed E-state index contributed by atoms with van der Waals surface area (Å²) in [5.41, 5.74) is 0.673. The Morgan fingerprint density at radius 1 is 1.09 bits per heavy atom. The Hall–Kier alpha value is -3.15. The molecule has 0 saturated carbocycles. The number of hydrogen-bond acceptors (Lipinski definition) is 5. The number of rotatable bonds is 5. The summed E-state index contributed by atoms with van der Waals surface area (Å²) in [7, 11) is 0. The number of nitrogens with zero attached hydrogens (tertiary/aromatic N) is 2. The first-order valence-corrected chi connectivity index (χ1v) is 7.11. The molecule has 0 radical (unpaired) electrons. The number of aromatic nitrogens is 2. The highest BCUT2D eigenvalue weighted by Crippen LogP contribution is 2.22. The van der Waals surface area contributed by atoms with Crippen molar-refractivity contribution in [2.75, 3.05) is 5.32 Å². The Bertz CT molecular complexity index is 782. The molecule has 0 unspecified atom stereocenters. The third kappa shape index (κ3) is 4.16. The van der Waals surface area contributed by atoms with Gasteiger partial charge in [0.05, 0.1) is 0 Å². The average Bonchev–Trinajstić information content (AvgIpc) is 2.95. The molecule has 0 atom stereocenters. The predicted octanol–water partition coefficient (Wildman–Crippen LogP) is 3.35. The first kappa shape index (κ1) is 14.8. The molecule has 0 aliphatic carbocycles. The second-order valence-corrected chi connectivity index (χ2v) is 4.90. The minimum atomic E-state index is -0.217. The van der Waals surface area contributed by atoms with E-state index in [1.54, 1.807) is 31.2 Å². The van der Waals surface area contributed by atoms with Crippen molar-refractivity contribution < 1.29 is 14.1 Å². The average molecular weight is 309 g/mol. The number of nitrogens with one attached hydrogen (secondary N) is 1. The zero-order chi connectivity index (χ0) is 16.1. The Labute approximate surface area is 133 Å². The van der Waals surface area contributed by atoms with Crippen LogP contribution in [0.3, 0.4) is 0 Å². The number of benzene rings is 2. The maximum atomic E-state index is 11.9. The van der Waals surface area contributed by atoms with Gasteiger partial charge >= 0.3 is 0 Å². The lowest BCUT2D eigenvalue weighted by atomic mass is 10.3. The number of carbonyl (C=O) groups excluding carboxylic acids is 1. The van der Waals surface area contributed by atoms with Crippen molar-refractivity contribution in [2.24, 2.45) is 0 Å². The number of anilines is 1. The van der Waals surface area contributed by atoms with Crippen molar-refractivity contribution >= 4 is 11.6 Å². The molecule has 0 aliphatic heterocycles. The van der Waals surface area contributed by atoms with E-state index in [1.165, 1.54) is 0 Å². The summed E-state index contributed by atoms with van der Waals surface area (Å²) in [4.78, 5) is 15.9. The Kier molecular flexibility index (Phi) is 4.33. The first-order valence-electron chi connectivity index (χ1n) is 7.11. The highest BCUT2D eigenvalue weighted by atomic mass is 16.5. The molecule has 2 aromatic carbocycles. The van der Waals surface area contributed by atoms with Crippen LogP contribution in [0.4, 0.5) is 5.69 Å². The summed E-state index contributed by atoms with van der Waals surface area (Å²) in [5.74, 6) is 2.04. The zero-order valence-electron chi connectivity index (χ0n) is 12.5. The van der Waals surface area contributed by atoms with E-state index in [1.807, 2.05) is 30.3 Å². The van der Waals surface area contributed by atoms with Crippen molar-refractivity contribution in [2.45, 2.75) is 13.3 Å². The van der Waals surface area contributed by atoms with Crippen LogP contribution in [0, 0.1) is 6.92 Å². The topological polar surface area (TPSA) is 77.2 Å². The van der Waals surface area contributed by atoms with Crippen LogP contribution in [0.25, 0.3) is 0 Å². The van der Waals surface area contributed by atoms with Crippen LogP contribution in [-0.4, -0.2) is 16.0 Å². The molecule has 23 heavy (non-hydrogen) atoms. The van der Waals surface area contributed by atoms with Crippen molar-refractivity contribution in [3.63, 3.8) is 0 Å². The molecule has 1 N–H and O–H groups in total. The second-order valence-electron chi connectivity index (χ2n) is 4.90. The summed E-state index contributed by atoms with van der Waals surface area (Å²) in [6.07, 6.45) is 0.0447. The van der Waals surface area contributed by atoms with Gasteiger partial charge in [0.25, 0.3) is 0 Å². The molecule has 0 spiro atoms. The van der Waals surface area contributed by atoms with Gasteiger partial charge in [-0.3, -0.25) is 4.79 Å². The number of hydrogen-bond donors (Lipinski definition) is 1. The van der Waals surface area contributed by atoms with E-state index in [0.717, 1.165) is 5.75 Å². The fourth-order valence-electron chi connectivity index (χ4n) is 1.99.